The third-order valence-corrected chi connectivity index (χ3v) is 7.26. The van der Waals surface area contributed by atoms with Crippen molar-refractivity contribution in [1.29, 1.82) is 0 Å². The van der Waals surface area contributed by atoms with Crippen LogP contribution in [0.1, 0.15) is 23.6 Å². The molecule has 176 valence electrons. The van der Waals surface area contributed by atoms with Crippen molar-refractivity contribution in [2.45, 2.75) is 19.9 Å². The zero-order valence-electron chi connectivity index (χ0n) is 19.3. The fourth-order valence-corrected chi connectivity index (χ4v) is 5.04. The summed E-state index contributed by atoms with van der Waals surface area (Å²) in [6, 6.07) is 21.3. The van der Waals surface area contributed by atoms with Crippen molar-refractivity contribution >= 4 is 69.1 Å². The molecule has 1 aliphatic rings. The molecule has 0 spiro atoms. The van der Waals surface area contributed by atoms with E-state index in [0.717, 1.165) is 28.0 Å². The molecule has 1 saturated heterocycles. The third kappa shape index (κ3) is 4.36. The van der Waals surface area contributed by atoms with Crippen LogP contribution in [0.3, 0.4) is 0 Å². The van der Waals surface area contributed by atoms with Crippen LogP contribution in [-0.2, 0) is 17.8 Å². The third-order valence-electron chi connectivity index (χ3n) is 6.30. The molecule has 1 amide bonds. The van der Waals surface area contributed by atoms with Gasteiger partial charge in [0, 0.05) is 40.8 Å². The van der Waals surface area contributed by atoms with Gasteiger partial charge in [0.25, 0.3) is 5.91 Å². The Kier molecular flexibility index (Phi) is 6.41. The Morgan fingerprint density at radius 3 is 2.26 bits per heavy atom. The molecule has 0 bridgehead atoms. The van der Waals surface area contributed by atoms with E-state index < -0.39 is 0 Å². The lowest BCUT2D eigenvalue weighted by atomic mass is 10.1. The van der Waals surface area contributed by atoms with Crippen LogP contribution in [0.15, 0.2) is 78.6 Å². The molecule has 7 heteroatoms. The maximum absolute atomic E-state index is 13.5. The van der Waals surface area contributed by atoms with E-state index in [9.17, 15) is 4.79 Å². The summed E-state index contributed by atoms with van der Waals surface area (Å²) < 4.78 is 2.25. The number of hydrogen-bond donors (Lipinski definition) is 0. The smallest absolute Gasteiger partial charge is 0.281 e. The number of aromatic nitrogens is 1. The molecule has 1 aliphatic heterocycles. The minimum absolute atomic E-state index is 0.162. The predicted molar refractivity (Wildman–Crippen MR) is 149 cm³/mol. The second kappa shape index (κ2) is 9.50. The first-order chi connectivity index (χ1) is 16.9. The Hall–Kier alpha value is -3.12. The van der Waals surface area contributed by atoms with E-state index in [4.69, 9.17) is 35.4 Å². The molecule has 0 atom stereocenters. The van der Waals surface area contributed by atoms with Crippen LogP contribution >= 0.6 is 35.4 Å². The van der Waals surface area contributed by atoms with Crippen LogP contribution in [-0.4, -0.2) is 27.5 Å². The highest BCUT2D eigenvalue weighted by atomic mass is 35.5. The fourth-order valence-electron chi connectivity index (χ4n) is 4.50. The molecule has 3 aromatic carbocycles. The van der Waals surface area contributed by atoms with Gasteiger partial charge in [-0.3, -0.25) is 9.69 Å². The van der Waals surface area contributed by atoms with Gasteiger partial charge < -0.3 is 9.47 Å². The van der Waals surface area contributed by atoms with Gasteiger partial charge in [-0.1, -0.05) is 60.5 Å². The molecule has 0 N–H and O–H groups in total. The van der Waals surface area contributed by atoms with Gasteiger partial charge in [0.1, 0.15) is 5.70 Å². The van der Waals surface area contributed by atoms with Gasteiger partial charge >= 0.3 is 0 Å². The first-order valence-electron chi connectivity index (χ1n) is 11.3. The second-order valence-electron chi connectivity index (χ2n) is 8.49. The number of rotatable bonds is 5. The van der Waals surface area contributed by atoms with Crippen molar-refractivity contribution in [3.8, 4) is 0 Å². The molecule has 35 heavy (non-hydrogen) atoms. The van der Waals surface area contributed by atoms with Gasteiger partial charge in [-0.2, -0.15) is 0 Å². The number of para-hydroxylation sites is 1. The number of halogens is 2. The summed E-state index contributed by atoms with van der Waals surface area (Å²) in [6.07, 6.45) is 4.95. The van der Waals surface area contributed by atoms with E-state index in [1.54, 1.807) is 34.1 Å². The van der Waals surface area contributed by atoms with Crippen LogP contribution in [0.2, 0.25) is 10.0 Å². The Morgan fingerprint density at radius 1 is 0.943 bits per heavy atom. The normalized spacial score (nSPS) is 15.1. The topological polar surface area (TPSA) is 28.5 Å². The van der Waals surface area contributed by atoms with Crippen LogP contribution in [0.5, 0.6) is 0 Å². The number of aryl methyl sites for hydroxylation is 1. The maximum atomic E-state index is 13.5. The molecule has 4 nitrogen and oxygen atoms in total. The number of carbonyl (C=O) groups is 1. The lowest BCUT2D eigenvalue weighted by molar-refractivity contribution is -0.114. The van der Waals surface area contributed by atoms with Gasteiger partial charge in [0.15, 0.2) is 5.11 Å². The quantitative estimate of drug-likeness (QED) is 0.207. The summed E-state index contributed by atoms with van der Waals surface area (Å²) in [7, 11) is 1.83. The molecule has 0 unspecified atom stereocenters. The standard InChI is InChI=1S/C28H23Cl2N3OS/c1-3-19-5-4-6-24-20(17-32(26(19)24)16-18-7-9-21(29)10-8-18)15-25-27(34)33(28(35)31(25)2)23-13-11-22(30)12-14-23/h4-15,17H,3,16H2,1-2H3/b25-15-. The van der Waals surface area contributed by atoms with Gasteiger partial charge in [0.05, 0.1) is 11.2 Å². The minimum atomic E-state index is -0.162. The molecule has 0 radical (unpaired) electrons. The van der Waals surface area contributed by atoms with Gasteiger partial charge in [0.2, 0.25) is 0 Å². The molecule has 1 aromatic heterocycles. The highest BCUT2D eigenvalue weighted by molar-refractivity contribution is 7.80. The van der Waals surface area contributed by atoms with Gasteiger partial charge in [-0.25, -0.2) is 0 Å². The lowest BCUT2D eigenvalue weighted by Crippen LogP contribution is -2.31. The van der Waals surface area contributed by atoms with E-state index in [0.29, 0.717) is 28.1 Å². The molecule has 0 aliphatic carbocycles. The number of hydrogen-bond acceptors (Lipinski definition) is 2. The molecule has 5 rings (SSSR count). The summed E-state index contributed by atoms with van der Waals surface area (Å²) in [5, 5.41) is 2.86. The largest absolute Gasteiger partial charge is 0.342 e. The van der Waals surface area contributed by atoms with Crippen LogP contribution < -0.4 is 4.90 Å². The molecule has 0 saturated carbocycles. The summed E-state index contributed by atoms with van der Waals surface area (Å²) in [5.41, 5.74) is 5.77. The first kappa shape index (κ1) is 23.6. The van der Waals surface area contributed by atoms with Crippen LogP contribution in [0.25, 0.3) is 17.0 Å². The van der Waals surface area contributed by atoms with E-state index in [2.05, 4.69) is 35.9 Å². The molecule has 1 fully saturated rings. The molecule has 2 heterocycles. The Balaban J connectivity index is 1.59. The van der Waals surface area contributed by atoms with Crippen molar-refractivity contribution in [3.05, 3.63) is 105 Å². The van der Waals surface area contributed by atoms with Crippen LogP contribution in [0.4, 0.5) is 5.69 Å². The molecular weight excluding hydrogens is 497 g/mol. The first-order valence-corrected chi connectivity index (χ1v) is 12.5. The summed E-state index contributed by atoms with van der Waals surface area (Å²) >= 11 is 17.8. The number of benzene rings is 3. The van der Waals surface area contributed by atoms with E-state index in [-0.39, 0.29) is 5.91 Å². The Morgan fingerprint density at radius 2 is 1.60 bits per heavy atom. The number of carbonyl (C=O) groups excluding carboxylic acids is 1. The minimum Gasteiger partial charge on any atom is -0.342 e. The summed E-state index contributed by atoms with van der Waals surface area (Å²) in [5.74, 6) is -0.162. The number of amides is 1. The number of anilines is 1. The van der Waals surface area contributed by atoms with Gasteiger partial charge in [-0.15, -0.1) is 0 Å². The predicted octanol–water partition coefficient (Wildman–Crippen LogP) is 7.16. The van der Waals surface area contributed by atoms with Crippen molar-refractivity contribution in [2.75, 3.05) is 11.9 Å². The summed E-state index contributed by atoms with van der Waals surface area (Å²) in [4.78, 5) is 16.8. The van der Waals surface area contributed by atoms with E-state index >= 15 is 0 Å². The fraction of sp³-hybridized carbons (Fsp3) is 0.143. The monoisotopic (exact) mass is 519 g/mol. The van der Waals surface area contributed by atoms with Crippen molar-refractivity contribution < 1.29 is 4.79 Å². The molecule has 4 aromatic rings. The Labute approximate surface area is 220 Å². The zero-order valence-corrected chi connectivity index (χ0v) is 21.7. The van der Waals surface area contributed by atoms with E-state index in [1.165, 1.54) is 11.1 Å². The Bertz CT molecular complexity index is 1470. The van der Waals surface area contributed by atoms with Crippen molar-refractivity contribution in [2.24, 2.45) is 0 Å². The highest BCUT2D eigenvalue weighted by Gasteiger charge is 2.37. The van der Waals surface area contributed by atoms with Crippen LogP contribution in [0, 0.1) is 0 Å². The second-order valence-corrected chi connectivity index (χ2v) is 9.73. The molecular formula is C28H23Cl2N3OS. The average Bonchev–Trinajstić information content (AvgIpc) is 3.31. The van der Waals surface area contributed by atoms with E-state index in [1.807, 2.05) is 37.4 Å². The van der Waals surface area contributed by atoms with Gasteiger partial charge in [-0.05, 0) is 72.2 Å². The highest BCUT2D eigenvalue weighted by Crippen LogP contribution is 2.32. The zero-order chi connectivity index (χ0) is 24.7. The lowest BCUT2D eigenvalue weighted by Gasteiger charge is -2.16. The number of thiocarbonyl (C=S) groups is 1. The van der Waals surface area contributed by atoms with Crippen molar-refractivity contribution in [1.82, 2.24) is 9.47 Å². The maximum Gasteiger partial charge on any atom is 0.281 e. The average molecular weight is 520 g/mol. The number of likely N-dealkylation sites (N-methyl/N-ethyl adjacent to an activating group) is 1. The number of fused-ring (bicyclic) bond motifs is 1. The summed E-state index contributed by atoms with van der Waals surface area (Å²) in [6.45, 7) is 2.86. The van der Waals surface area contributed by atoms with Crippen molar-refractivity contribution in [3.63, 3.8) is 0 Å². The SMILES string of the molecule is CCc1cccc2c(/C=C3/C(=O)N(c4ccc(Cl)cc4)C(=S)N3C)cn(Cc3ccc(Cl)cc3)c12. The number of nitrogens with zero attached hydrogens (tertiary/aromatic N) is 3.